The highest BCUT2D eigenvalue weighted by Crippen LogP contribution is 2.23. The van der Waals surface area contributed by atoms with Crippen LogP contribution < -0.4 is 10.1 Å². The van der Waals surface area contributed by atoms with Crippen molar-refractivity contribution in [3.63, 3.8) is 0 Å². The summed E-state index contributed by atoms with van der Waals surface area (Å²) in [5, 5.41) is 4.01. The highest BCUT2D eigenvalue weighted by atomic mass is 16.5. The lowest BCUT2D eigenvalue weighted by molar-refractivity contribution is -0.665. The molecule has 0 aliphatic rings. The summed E-state index contributed by atoms with van der Waals surface area (Å²) in [6, 6.07) is 14.1. The molecule has 26 heavy (non-hydrogen) atoms. The summed E-state index contributed by atoms with van der Waals surface area (Å²) >= 11 is 0. The Hall–Kier alpha value is -3.21. The van der Waals surface area contributed by atoms with Crippen LogP contribution >= 0.6 is 0 Å². The molecule has 0 aliphatic heterocycles. The highest BCUT2D eigenvalue weighted by Gasteiger charge is 2.22. The Morgan fingerprint density at radius 2 is 1.96 bits per heavy atom. The van der Waals surface area contributed by atoms with E-state index in [9.17, 15) is 4.79 Å². The molecular formula is C21H20N3O2+. The van der Waals surface area contributed by atoms with Gasteiger partial charge in [0.25, 0.3) is 5.65 Å². The first-order valence-corrected chi connectivity index (χ1v) is 8.57. The topological polar surface area (TPSA) is 51.4 Å². The summed E-state index contributed by atoms with van der Waals surface area (Å²) in [4.78, 5) is 13.1. The van der Waals surface area contributed by atoms with E-state index in [-0.39, 0.29) is 5.56 Å². The molecule has 0 saturated carbocycles. The molecule has 0 aliphatic carbocycles. The van der Waals surface area contributed by atoms with E-state index in [1.165, 1.54) is 11.1 Å². The maximum atomic E-state index is 13.1. The summed E-state index contributed by atoms with van der Waals surface area (Å²) in [7, 11) is 0. The molecule has 0 N–H and O–H groups in total. The van der Waals surface area contributed by atoms with Crippen LogP contribution in [-0.4, -0.2) is 9.56 Å². The van der Waals surface area contributed by atoms with Crippen LogP contribution in [0.4, 0.5) is 0 Å². The van der Waals surface area contributed by atoms with Crippen molar-refractivity contribution in [1.82, 2.24) is 9.56 Å². The zero-order valence-electron chi connectivity index (χ0n) is 15.1. The van der Waals surface area contributed by atoms with Gasteiger partial charge in [-0.05, 0) is 32.4 Å². The van der Waals surface area contributed by atoms with Crippen LogP contribution in [0, 0.1) is 20.8 Å². The van der Waals surface area contributed by atoms with Crippen LogP contribution in [0.2, 0.25) is 0 Å². The molecule has 0 fully saturated rings. The molecule has 0 radical (unpaired) electrons. The quantitative estimate of drug-likeness (QED) is 0.535. The van der Waals surface area contributed by atoms with Gasteiger partial charge in [-0.25, -0.2) is 9.36 Å². The summed E-state index contributed by atoms with van der Waals surface area (Å²) in [5.74, 6) is 0.651. The van der Waals surface area contributed by atoms with E-state index in [1.807, 2.05) is 38.2 Å². The van der Waals surface area contributed by atoms with Crippen LogP contribution in [0.3, 0.4) is 0 Å². The standard InChI is InChI=1S/C21H20N3O2/c1-14-7-6-8-17(11-14)12-23-13-18(20-15(2)22-26-16(20)3)21(25)24-10-5-4-9-19(23)24/h4-11,13H,12H2,1-3H3/q+1. The average Bonchev–Trinajstić information content (AvgIpc) is 2.96. The van der Waals surface area contributed by atoms with Gasteiger partial charge in [0.05, 0.1) is 17.5 Å². The molecule has 5 nitrogen and oxygen atoms in total. The Morgan fingerprint density at radius 3 is 2.69 bits per heavy atom. The molecule has 0 atom stereocenters. The van der Waals surface area contributed by atoms with Gasteiger partial charge in [0, 0.05) is 6.07 Å². The summed E-state index contributed by atoms with van der Waals surface area (Å²) in [6.45, 7) is 6.44. The van der Waals surface area contributed by atoms with E-state index in [0.717, 1.165) is 16.9 Å². The lowest BCUT2D eigenvalue weighted by Crippen LogP contribution is -2.40. The first-order chi connectivity index (χ1) is 12.5. The summed E-state index contributed by atoms with van der Waals surface area (Å²) < 4.78 is 9.06. The maximum Gasteiger partial charge on any atom is 0.350 e. The van der Waals surface area contributed by atoms with Gasteiger partial charge < -0.3 is 4.52 Å². The Balaban J connectivity index is 1.98. The van der Waals surface area contributed by atoms with E-state index in [1.54, 1.807) is 10.6 Å². The van der Waals surface area contributed by atoms with Gasteiger partial charge in [0.1, 0.15) is 24.1 Å². The maximum absolute atomic E-state index is 13.1. The smallest absolute Gasteiger partial charge is 0.350 e. The lowest BCUT2D eigenvalue weighted by Gasteiger charge is -2.07. The fourth-order valence-electron chi connectivity index (χ4n) is 3.42. The minimum Gasteiger partial charge on any atom is -0.361 e. The average molecular weight is 346 g/mol. The van der Waals surface area contributed by atoms with Gasteiger partial charge in [-0.1, -0.05) is 41.1 Å². The third kappa shape index (κ3) is 2.71. The van der Waals surface area contributed by atoms with E-state index >= 15 is 0 Å². The van der Waals surface area contributed by atoms with Crippen molar-refractivity contribution in [3.05, 3.63) is 87.8 Å². The normalized spacial score (nSPS) is 11.2. The first-order valence-electron chi connectivity index (χ1n) is 8.57. The SMILES string of the molecule is Cc1cccc(C[n+]2cc(-c3c(C)noc3C)c(=O)n3ccccc32)c1. The zero-order chi connectivity index (χ0) is 18.3. The lowest BCUT2D eigenvalue weighted by atomic mass is 10.1. The number of aromatic nitrogens is 3. The van der Waals surface area contributed by atoms with Crippen LogP contribution in [0.1, 0.15) is 22.6 Å². The molecular weight excluding hydrogens is 326 g/mol. The van der Waals surface area contributed by atoms with Crippen LogP contribution in [0.25, 0.3) is 16.8 Å². The Labute approximate surface area is 151 Å². The Kier molecular flexibility index (Phi) is 3.92. The predicted molar refractivity (Wildman–Crippen MR) is 99.1 cm³/mol. The van der Waals surface area contributed by atoms with Crippen molar-refractivity contribution < 1.29 is 9.09 Å². The van der Waals surface area contributed by atoms with Crippen molar-refractivity contribution in [2.75, 3.05) is 0 Å². The number of nitrogens with zero attached hydrogens (tertiary/aromatic N) is 3. The minimum absolute atomic E-state index is 0.0736. The molecule has 5 heteroatoms. The molecule has 3 heterocycles. The fraction of sp³-hybridized carbons (Fsp3) is 0.190. The van der Waals surface area contributed by atoms with Crippen molar-refractivity contribution in [2.24, 2.45) is 0 Å². The molecule has 4 aromatic rings. The van der Waals surface area contributed by atoms with Crippen molar-refractivity contribution in [3.8, 4) is 11.1 Å². The van der Waals surface area contributed by atoms with Gasteiger partial charge in [0.15, 0.2) is 0 Å². The molecule has 0 amide bonds. The fourth-order valence-corrected chi connectivity index (χ4v) is 3.42. The van der Waals surface area contributed by atoms with Crippen molar-refractivity contribution in [1.29, 1.82) is 0 Å². The number of hydrogen-bond donors (Lipinski definition) is 0. The second-order valence-corrected chi connectivity index (χ2v) is 6.59. The Morgan fingerprint density at radius 1 is 1.12 bits per heavy atom. The summed E-state index contributed by atoms with van der Waals surface area (Å²) in [6.07, 6.45) is 3.71. The molecule has 0 spiro atoms. The molecule has 3 aromatic heterocycles. The van der Waals surface area contributed by atoms with Gasteiger partial charge in [-0.15, -0.1) is 0 Å². The molecule has 1 aromatic carbocycles. The van der Waals surface area contributed by atoms with Gasteiger partial charge >= 0.3 is 5.56 Å². The largest absolute Gasteiger partial charge is 0.361 e. The van der Waals surface area contributed by atoms with Gasteiger partial charge in [-0.3, -0.25) is 0 Å². The van der Waals surface area contributed by atoms with Crippen LogP contribution in [0.15, 0.2) is 64.2 Å². The first kappa shape index (κ1) is 16.3. The van der Waals surface area contributed by atoms with E-state index < -0.39 is 0 Å². The van der Waals surface area contributed by atoms with E-state index in [2.05, 4.69) is 40.9 Å². The number of aryl methyl sites for hydroxylation is 3. The van der Waals surface area contributed by atoms with E-state index in [0.29, 0.717) is 17.9 Å². The second-order valence-electron chi connectivity index (χ2n) is 6.59. The summed E-state index contributed by atoms with van der Waals surface area (Å²) in [5.41, 5.74) is 5.25. The number of benzene rings is 1. The van der Waals surface area contributed by atoms with E-state index in [4.69, 9.17) is 4.52 Å². The van der Waals surface area contributed by atoms with Crippen molar-refractivity contribution in [2.45, 2.75) is 27.3 Å². The number of pyridine rings is 1. The van der Waals surface area contributed by atoms with Gasteiger partial charge in [0.2, 0.25) is 0 Å². The number of hydrogen-bond acceptors (Lipinski definition) is 3. The third-order valence-electron chi connectivity index (χ3n) is 4.60. The monoisotopic (exact) mass is 346 g/mol. The minimum atomic E-state index is -0.0736. The molecule has 130 valence electrons. The molecule has 0 saturated heterocycles. The van der Waals surface area contributed by atoms with Crippen LogP contribution in [0.5, 0.6) is 0 Å². The predicted octanol–water partition coefficient (Wildman–Crippen LogP) is 3.22. The zero-order valence-corrected chi connectivity index (χ0v) is 15.1. The molecule has 4 rings (SSSR count). The Bertz CT molecular complexity index is 1150. The molecule has 0 unspecified atom stereocenters. The third-order valence-corrected chi connectivity index (χ3v) is 4.60. The molecule has 0 bridgehead atoms. The highest BCUT2D eigenvalue weighted by molar-refractivity contribution is 5.66. The number of rotatable bonds is 3. The van der Waals surface area contributed by atoms with Crippen LogP contribution in [-0.2, 0) is 6.54 Å². The van der Waals surface area contributed by atoms with Crippen molar-refractivity contribution >= 4 is 5.65 Å². The number of fused-ring (bicyclic) bond motifs is 1. The second kappa shape index (κ2) is 6.26. The van der Waals surface area contributed by atoms with Gasteiger partial charge in [-0.2, -0.15) is 4.40 Å².